The Morgan fingerprint density at radius 1 is 1.47 bits per heavy atom. The summed E-state index contributed by atoms with van der Waals surface area (Å²) in [5.74, 6) is 0.675. The van der Waals surface area contributed by atoms with Gasteiger partial charge in [0.1, 0.15) is 5.75 Å². The highest BCUT2D eigenvalue weighted by molar-refractivity contribution is 7.13. The van der Waals surface area contributed by atoms with Gasteiger partial charge in [0.25, 0.3) is 0 Å². The number of nitrogens with one attached hydrogen (secondary N) is 1. The third-order valence-corrected chi connectivity index (χ3v) is 3.63. The summed E-state index contributed by atoms with van der Waals surface area (Å²) in [5.41, 5.74) is 1.60. The number of anilines is 1. The number of hydrogen-bond acceptors (Lipinski definition) is 5. The highest BCUT2D eigenvalue weighted by Gasteiger charge is 2.10. The summed E-state index contributed by atoms with van der Waals surface area (Å²) in [4.78, 5) is 10.2. The van der Waals surface area contributed by atoms with Crippen LogP contribution in [0.2, 0.25) is 5.02 Å². The average molecular weight is 299 g/mol. The predicted molar refractivity (Wildman–Crippen MR) is 76.3 cm³/mol. The highest BCUT2D eigenvalue weighted by atomic mass is 35.5. The SMILES string of the molecule is COc1ccc(Cl)cc1NCc1csc([N+](=O)[O-])c1. The van der Waals surface area contributed by atoms with Gasteiger partial charge in [0.15, 0.2) is 0 Å². The van der Waals surface area contributed by atoms with Crippen molar-refractivity contribution in [1.29, 1.82) is 0 Å². The molecule has 100 valence electrons. The van der Waals surface area contributed by atoms with Gasteiger partial charge >= 0.3 is 5.00 Å². The second kappa shape index (κ2) is 5.90. The van der Waals surface area contributed by atoms with Crippen LogP contribution in [0, 0.1) is 10.1 Å². The molecule has 0 saturated heterocycles. The van der Waals surface area contributed by atoms with Crippen molar-refractivity contribution in [2.24, 2.45) is 0 Å². The van der Waals surface area contributed by atoms with Crippen LogP contribution in [0.5, 0.6) is 5.75 Å². The van der Waals surface area contributed by atoms with E-state index in [2.05, 4.69) is 5.32 Å². The van der Waals surface area contributed by atoms with Crippen LogP contribution >= 0.6 is 22.9 Å². The van der Waals surface area contributed by atoms with Gasteiger partial charge in [0.05, 0.1) is 17.7 Å². The average Bonchev–Trinajstić information content (AvgIpc) is 2.85. The fraction of sp³-hybridized carbons (Fsp3) is 0.167. The zero-order chi connectivity index (χ0) is 13.8. The van der Waals surface area contributed by atoms with Gasteiger partial charge in [-0.3, -0.25) is 10.1 Å². The summed E-state index contributed by atoms with van der Waals surface area (Å²) >= 11 is 7.03. The van der Waals surface area contributed by atoms with E-state index in [1.807, 2.05) is 0 Å². The van der Waals surface area contributed by atoms with Crippen molar-refractivity contribution in [2.75, 3.05) is 12.4 Å². The maximum atomic E-state index is 10.6. The Hall–Kier alpha value is -1.79. The molecular weight excluding hydrogens is 288 g/mol. The molecule has 19 heavy (non-hydrogen) atoms. The van der Waals surface area contributed by atoms with Crippen LogP contribution in [0.15, 0.2) is 29.6 Å². The number of halogens is 1. The van der Waals surface area contributed by atoms with Gasteiger partial charge < -0.3 is 10.1 Å². The molecule has 7 heteroatoms. The molecule has 0 aliphatic heterocycles. The van der Waals surface area contributed by atoms with E-state index in [0.717, 1.165) is 22.6 Å². The van der Waals surface area contributed by atoms with Gasteiger partial charge in [0, 0.05) is 23.0 Å². The molecular formula is C12H11ClN2O3S. The van der Waals surface area contributed by atoms with E-state index >= 15 is 0 Å². The van der Waals surface area contributed by atoms with Gasteiger partial charge in [-0.25, -0.2) is 0 Å². The number of rotatable bonds is 5. The Bertz CT molecular complexity index is 600. The molecule has 0 atom stereocenters. The maximum Gasteiger partial charge on any atom is 0.324 e. The van der Waals surface area contributed by atoms with E-state index in [1.165, 1.54) is 0 Å². The second-order valence-corrected chi connectivity index (χ2v) is 5.07. The monoisotopic (exact) mass is 298 g/mol. The smallest absolute Gasteiger partial charge is 0.324 e. The lowest BCUT2D eigenvalue weighted by molar-refractivity contribution is -0.380. The highest BCUT2D eigenvalue weighted by Crippen LogP contribution is 2.29. The van der Waals surface area contributed by atoms with Gasteiger partial charge in [-0.15, -0.1) is 0 Å². The minimum absolute atomic E-state index is 0.134. The molecule has 5 nitrogen and oxygen atoms in total. The largest absolute Gasteiger partial charge is 0.495 e. The summed E-state index contributed by atoms with van der Waals surface area (Å²) in [7, 11) is 1.57. The van der Waals surface area contributed by atoms with E-state index in [4.69, 9.17) is 16.3 Å². The lowest BCUT2D eigenvalue weighted by Crippen LogP contribution is -2.00. The molecule has 1 heterocycles. The van der Waals surface area contributed by atoms with Gasteiger partial charge in [0.2, 0.25) is 0 Å². The van der Waals surface area contributed by atoms with E-state index in [9.17, 15) is 10.1 Å². The molecule has 1 aromatic carbocycles. The van der Waals surface area contributed by atoms with Crippen LogP contribution in [0.25, 0.3) is 0 Å². The first kappa shape index (κ1) is 13.6. The van der Waals surface area contributed by atoms with Gasteiger partial charge in [-0.05, 0) is 23.8 Å². The van der Waals surface area contributed by atoms with Crippen molar-refractivity contribution in [3.8, 4) is 5.75 Å². The van der Waals surface area contributed by atoms with Crippen molar-refractivity contribution >= 4 is 33.6 Å². The minimum atomic E-state index is -0.395. The van der Waals surface area contributed by atoms with Gasteiger partial charge in [-0.1, -0.05) is 22.9 Å². The van der Waals surface area contributed by atoms with E-state index in [-0.39, 0.29) is 5.00 Å². The van der Waals surface area contributed by atoms with Crippen molar-refractivity contribution in [3.63, 3.8) is 0 Å². The van der Waals surface area contributed by atoms with E-state index < -0.39 is 4.92 Å². The summed E-state index contributed by atoms with van der Waals surface area (Å²) < 4.78 is 5.21. The molecule has 2 aromatic rings. The van der Waals surface area contributed by atoms with Crippen LogP contribution in [0.4, 0.5) is 10.7 Å². The number of benzene rings is 1. The minimum Gasteiger partial charge on any atom is -0.495 e. The van der Waals surface area contributed by atoms with Crippen LogP contribution in [0.1, 0.15) is 5.56 Å². The lowest BCUT2D eigenvalue weighted by atomic mass is 10.2. The Balaban J connectivity index is 2.09. The topological polar surface area (TPSA) is 64.4 Å². The number of nitro groups is 1. The quantitative estimate of drug-likeness (QED) is 0.671. The Morgan fingerprint density at radius 3 is 2.89 bits per heavy atom. The molecule has 0 spiro atoms. The molecule has 0 radical (unpaired) electrons. The fourth-order valence-electron chi connectivity index (χ4n) is 1.57. The molecule has 0 aliphatic carbocycles. The van der Waals surface area contributed by atoms with Gasteiger partial charge in [-0.2, -0.15) is 0 Å². The normalized spacial score (nSPS) is 10.2. The summed E-state index contributed by atoms with van der Waals surface area (Å²) in [6.07, 6.45) is 0. The Morgan fingerprint density at radius 2 is 2.26 bits per heavy atom. The number of thiophene rings is 1. The standard InChI is InChI=1S/C12H11ClN2O3S/c1-18-11-3-2-9(13)5-10(11)14-6-8-4-12(15(16)17)19-7-8/h2-5,7,14H,6H2,1H3. The number of hydrogen-bond donors (Lipinski definition) is 1. The Kier molecular flexibility index (Phi) is 4.24. The molecule has 0 fully saturated rings. The molecule has 0 amide bonds. The van der Waals surface area contributed by atoms with E-state index in [0.29, 0.717) is 17.3 Å². The van der Waals surface area contributed by atoms with Crippen molar-refractivity contribution in [1.82, 2.24) is 0 Å². The van der Waals surface area contributed by atoms with E-state index in [1.54, 1.807) is 36.8 Å². The summed E-state index contributed by atoms with van der Waals surface area (Å²) in [6.45, 7) is 0.473. The molecule has 0 aliphatic rings. The second-order valence-electron chi connectivity index (χ2n) is 3.75. The van der Waals surface area contributed by atoms with Crippen molar-refractivity contribution in [3.05, 3.63) is 50.3 Å². The van der Waals surface area contributed by atoms with Crippen molar-refractivity contribution < 1.29 is 9.66 Å². The van der Waals surface area contributed by atoms with Crippen LogP contribution in [0.3, 0.4) is 0 Å². The van der Waals surface area contributed by atoms with Crippen LogP contribution in [-0.2, 0) is 6.54 Å². The molecule has 0 bridgehead atoms. The summed E-state index contributed by atoms with van der Waals surface area (Å²) in [6, 6.07) is 6.80. The van der Waals surface area contributed by atoms with Crippen molar-refractivity contribution in [2.45, 2.75) is 6.54 Å². The first-order chi connectivity index (χ1) is 9.10. The summed E-state index contributed by atoms with van der Waals surface area (Å²) in [5, 5.41) is 16.2. The molecule has 0 unspecified atom stereocenters. The third-order valence-electron chi connectivity index (χ3n) is 2.46. The number of ether oxygens (including phenoxy) is 1. The van der Waals surface area contributed by atoms with Crippen LogP contribution in [-0.4, -0.2) is 12.0 Å². The predicted octanol–water partition coefficient (Wildman–Crippen LogP) is 3.93. The first-order valence-electron chi connectivity index (χ1n) is 5.39. The first-order valence-corrected chi connectivity index (χ1v) is 6.65. The molecule has 0 saturated carbocycles. The Labute approximate surface area is 118 Å². The third kappa shape index (κ3) is 3.36. The zero-order valence-electron chi connectivity index (χ0n) is 10.1. The zero-order valence-corrected chi connectivity index (χ0v) is 11.6. The molecule has 1 N–H and O–H groups in total. The fourth-order valence-corrected chi connectivity index (χ4v) is 2.47. The number of nitrogens with zero attached hydrogens (tertiary/aromatic N) is 1. The van der Waals surface area contributed by atoms with Crippen LogP contribution < -0.4 is 10.1 Å². The lowest BCUT2D eigenvalue weighted by Gasteiger charge is -2.10. The number of methoxy groups -OCH3 is 1. The maximum absolute atomic E-state index is 10.6. The molecule has 2 rings (SSSR count). The molecule has 1 aromatic heterocycles.